The molecule has 82 valence electrons. The van der Waals surface area contributed by atoms with Crippen LogP contribution >= 0.6 is 23.2 Å². The van der Waals surface area contributed by atoms with Crippen LogP contribution in [0, 0.1) is 5.92 Å². The Balaban J connectivity index is 2.13. The van der Waals surface area contributed by atoms with Crippen molar-refractivity contribution < 1.29 is 0 Å². The maximum atomic E-state index is 6.00. The third-order valence-corrected chi connectivity index (χ3v) is 3.87. The van der Waals surface area contributed by atoms with Crippen molar-refractivity contribution in [3.05, 3.63) is 28.2 Å². The molecule has 0 radical (unpaired) electrons. The third-order valence-electron chi connectivity index (χ3n) is 3.13. The number of rotatable bonds is 2. The topological polar surface area (TPSA) is 3.24 Å². The van der Waals surface area contributed by atoms with Gasteiger partial charge in [0.15, 0.2) is 0 Å². The van der Waals surface area contributed by atoms with E-state index in [0.717, 1.165) is 19.0 Å². The van der Waals surface area contributed by atoms with Crippen LogP contribution in [0.25, 0.3) is 0 Å². The quantitative estimate of drug-likeness (QED) is 0.752. The normalized spacial score (nSPS) is 21.0. The average molecular weight is 244 g/mol. The first-order valence-corrected chi connectivity index (χ1v) is 6.16. The van der Waals surface area contributed by atoms with Crippen LogP contribution in [0.15, 0.2) is 18.2 Å². The highest BCUT2D eigenvalue weighted by atomic mass is 35.5. The van der Waals surface area contributed by atoms with Crippen LogP contribution in [0.5, 0.6) is 0 Å². The fraction of sp³-hybridized carbons (Fsp3) is 0.500. The van der Waals surface area contributed by atoms with Gasteiger partial charge in [-0.05, 0) is 30.5 Å². The highest BCUT2D eigenvalue weighted by molar-refractivity contribution is 6.42. The van der Waals surface area contributed by atoms with Crippen molar-refractivity contribution >= 4 is 28.9 Å². The molecule has 0 saturated carbocycles. The second-order valence-electron chi connectivity index (χ2n) is 4.11. The van der Waals surface area contributed by atoms with E-state index in [1.807, 2.05) is 18.2 Å². The number of nitrogens with zero attached hydrogens (tertiary/aromatic N) is 1. The molecule has 1 fully saturated rings. The minimum Gasteiger partial charge on any atom is -0.371 e. The number of hydrogen-bond acceptors (Lipinski definition) is 1. The summed E-state index contributed by atoms with van der Waals surface area (Å²) in [4.78, 5) is 2.39. The molecule has 1 saturated heterocycles. The van der Waals surface area contributed by atoms with Gasteiger partial charge in [-0.1, -0.05) is 36.5 Å². The summed E-state index contributed by atoms with van der Waals surface area (Å²) in [6.07, 6.45) is 2.55. The molecule has 1 aromatic carbocycles. The number of anilines is 1. The largest absolute Gasteiger partial charge is 0.371 e. The van der Waals surface area contributed by atoms with E-state index in [9.17, 15) is 0 Å². The number of hydrogen-bond donors (Lipinski definition) is 0. The number of halogens is 2. The van der Waals surface area contributed by atoms with Crippen molar-refractivity contribution in [1.82, 2.24) is 0 Å². The summed E-state index contributed by atoms with van der Waals surface area (Å²) >= 11 is 11.9. The smallest absolute Gasteiger partial charge is 0.0612 e. The fourth-order valence-corrected chi connectivity index (χ4v) is 2.37. The second-order valence-corrected chi connectivity index (χ2v) is 4.92. The minimum atomic E-state index is 0.631. The lowest BCUT2D eigenvalue weighted by atomic mass is 10.1. The van der Waals surface area contributed by atoms with Crippen LogP contribution in [0.4, 0.5) is 5.69 Å². The van der Waals surface area contributed by atoms with Gasteiger partial charge in [0.1, 0.15) is 0 Å². The van der Waals surface area contributed by atoms with Gasteiger partial charge >= 0.3 is 0 Å². The molecule has 0 spiro atoms. The molecule has 0 aliphatic carbocycles. The Morgan fingerprint density at radius 3 is 2.73 bits per heavy atom. The van der Waals surface area contributed by atoms with Crippen molar-refractivity contribution in [2.75, 3.05) is 18.0 Å². The first-order valence-electron chi connectivity index (χ1n) is 5.40. The van der Waals surface area contributed by atoms with Crippen LogP contribution < -0.4 is 4.90 Å². The van der Waals surface area contributed by atoms with Gasteiger partial charge in [-0.15, -0.1) is 0 Å². The van der Waals surface area contributed by atoms with Crippen molar-refractivity contribution in [3.8, 4) is 0 Å². The van der Waals surface area contributed by atoms with E-state index in [0.29, 0.717) is 10.0 Å². The predicted octanol–water partition coefficient (Wildman–Crippen LogP) is 4.23. The maximum absolute atomic E-state index is 6.00. The van der Waals surface area contributed by atoms with E-state index in [2.05, 4.69) is 11.8 Å². The Hall–Kier alpha value is -0.400. The molecule has 1 nitrogen and oxygen atoms in total. The minimum absolute atomic E-state index is 0.631. The lowest BCUT2D eigenvalue weighted by Gasteiger charge is -2.18. The lowest BCUT2D eigenvalue weighted by molar-refractivity contribution is 0.569. The van der Waals surface area contributed by atoms with Crippen molar-refractivity contribution in [2.24, 2.45) is 5.92 Å². The van der Waals surface area contributed by atoms with E-state index in [1.165, 1.54) is 18.5 Å². The van der Waals surface area contributed by atoms with Gasteiger partial charge in [0, 0.05) is 18.8 Å². The molecular formula is C12H15Cl2N. The first kappa shape index (κ1) is 11.1. The molecule has 0 bridgehead atoms. The monoisotopic (exact) mass is 243 g/mol. The molecule has 0 aromatic heterocycles. The summed E-state index contributed by atoms with van der Waals surface area (Å²) in [5, 5.41) is 1.28. The summed E-state index contributed by atoms with van der Waals surface area (Å²) < 4.78 is 0. The van der Waals surface area contributed by atoms with Gasteiger partial charge in [-0.3, -0.25) is 0 Å². The van der Waals surface area contributed by atoms with Crippen LogP contribution in [-0.4, -0.2) is 13.1 Å². The van der Waals surface area contributed by atoms with Crippen molar-refractivity contribution in [3.63, 3.8) is 0 Å². The van der Waals surface area contributed by atoms with E-state index in [-0.39, 0.29) is 0 Å². The van der Waals surface area contributed by atoms with Gasteiger partial charge in [0.05, 0.1) is 10.0 Å². The third kappa shape index (κ3) is 2.40. The van der Waals surface area contributed by atoms with Crippen LogP contribution in [0.2, 0.25) is 10.0 Å². The van der Waals surface area contributed by atoms with E-state index < -0.39 is 0 Å². The van der Waals surface area contributed by atoms with Gasteiger partial charge in [0.25, 0.3) is 0 Å². The molecule has 0 N–H and O–H groups in total. The lowest BCUT2D eigenvalue weighted by Crippen LogP contribution is -2.19. The molecule has 0 amide bonds. The second kappa shape index (κ2) is 4.63. The Morgan fingerprint density at radius 1 is 1.33 bits per heavy atom. The summed E-state index contributed by atoms with van der Waals surface area (Å²) in [6.45, 7) is 4.54. The summed E-state index contributed by atoms with van der Waals surface area (Å²) in [5.41, 5.74) is 1.19. The summed E-state index contributed by atoms with van der Waals surface area (Å²) in [7, 11) is 0. The summed E-state index contributed by atoms with van der Waals surface area (Å²) in [6, 6.07) is 5.88. The molecular weight excluding hydrogens is 229 g/mol. The zero-order valence-electron chi connectivity index (χ0n) is 8.84. The van der Waals surface area contributed by atoms with E-state index >= 15 is 0 Å². The molecule has 1 unspecified atom stereocenters. The maximum Gasteiger partial charge on any atom is 0.0612 e. The molecule has 2 rings (SSSR count). The van der Waals surface area contributed by atoms with E-state index in [4.69, 9.17) is 23.2 Å². The van der Waals surface area contributed by atoms with Gasteiger partial charge in [0.2, 0.25) is 0 Å². The molecule has 15 heavy (non-hydrogen) atoms. The predicted molar refractivity (Wildman–Crippen MR) is 67.1 cm³/mol. The van der Waals surface area contributed by atoms with Crippen molar-refractivity contribution in [2.45, 2.75) is 19.8 Å². The highest BCUT2D eigenvalue weighted by Crippen LogP contribution is 2.30. The average Bonchev–Trinajstić information content (AvgIpc) is 2.70. The molecule has 1 aromatic rings. The van der Waals surface area contributed by atoms with Crippen molar-refractivity contribution in [1.29, 1.82) is 0 Å². The standard InChI is InChI=1S/C12H15Cl2N/c1-2-9-5-6-15(8-9)10-3-4-11(13)12(14)7-10/h3-4,7,9H,2,5-6,8H2,1H3. The van der Waals surface area contributed by atoms with Crippen LogP contribution in [-0.2, 0) is 0 Å². The highest BCUT2D eigenvalue weighted by Gasteiger charge is 2.21. The molecule has 1 aliphatic heterocycles. The number of benzene rings is 1. The Bertz CT molecular complexity index is 351. The van der Waals surface area contributed by atoms with Gasteiger partial charge in [-0.2, -0.15) is 0 Å². The van der Waals surface area contributed by atoms with Gasteiger partial charge in [-0.25, -0.2) is 0 Å². The zero-order chi connectivity index (χ0) is 10.8. The Morgan fingerprint density at radius 2 is 2.13 bits per heavy atom. The Labute approximate surface area is 101 Å². The fourth-order valence-electron chi connectivity index (χ4n) is 2.08. The van der Waals surface area contributed by atoms with Crippen LogP contribution in [0.3, 0.4) is 0 Å². The van der Waals surface area contributed by atoms with E-state index in [1.54, 1.807) is 0 Å². The molecule has 1 heterocycles. The molecule has 3 heteroatoms. The van der Waals surface area contributed by atoms with Crippen LogP contribution in [0.1, 0.15) is 19.8 Å². The molecule has 1 aliphatic rings. The summed E-state index contributed by atoms with van der Waals surface area (Å²) in [5.74, 6) is 0.833. The molecule has 1 atom stereocenters. The SMILES string of the molecule is CCC1CCN(c2ccc(Cl)c(Cl)c2)C1. The van der Waals surface area contributed by atoms with Gasteiger partial charge < -0.3 is 4.90 Å². The first-order chi connectivity index (χ1) is 7.20. The zero-order valence-corrected chi connectivity index (χ0v) is 10.4. The Kier molecular flexibility index (Phi) is 3.42.